The molecule has 0 fully saturated rings. The molecule has 0 unspecified atom stereocenters. The van der Waals surface area contributed by atoms with E-state index in [0.717, 1.165) is 6.08 Å². The van der Waals surface area contributed by atoms with Crippen LogP contribution in [0.4, 0.5) is 0 Å². The van der Waals surface area contributed by atoms with E-state index >= 15 is 0 Å². The van der Waals surface area contributed by atoms with Gasteiger partial charge in [-0.25, -0.2) is 4.79 Å². The highest BCUT2D eigenvalue weighted by Crippen LogP contribution is 2.06. The molecule has 0 saturated carbocycles. The van der Waals surface area contributed by atoms with Gasteiger partial charge in [0, 0.05) is 0 Å². The van der Waals surface area contributed by atoms with Crippen LogP contribution in [0.25, 0.3) is 0 Å². The molecule has 0 saturated heterocycles. The van der Waals surface area contributed by atoms with Gasteiger partial charge in [0.25, 0.3) is 0 Å². The lowest BCUT2D eigenvalue weighted by atomic mass is 10.3. The Balaban J connectivity index is 4.63. The van der Waals surface area contributed by atoms with Gasteiger partial charge < -0.3 is 14.3 Å². The van der Waals surface area contributed by atoms with Crippen molar-refractivity contribution >= 4 is 17.7 Å². The van der Waals surface area contributed by atoms with Crippen molar-refractivity contribution in [3.05, 3.63) is 11.8 Å². The molecule has 0 aliphatic heterocycles. The zero-order valence-corrected chi connectivity index (χ0v) is 9.77. The summed E-state index contributed by atoms with van der Waals surface area (Å²) in [5.41, 5.74) is 0.653. The van der Waals surface area contributed by atoms with Crippen LogP contribution < -0.4 is 0 Å². The van der Waals surface area contributed by atoms with E-state index in [1.807, 2.05) is 0 Å². The first kappa shape index (κ1) is 14.2. The van der Waals surface area contributed by atoms with Gasteiger partial charge >= 0.3 is 11.9 Å². The van der Waals surface area contributed by atoms with Gasteiger partial charge in [-0.15, -0.1) is 0 Å². The maximum absolute atomic E-state index is 11.0. The van der Waals surface area contributed by atoms with Gasteiger partial charge in [0.05, 0.1) is 26.0 Å². The number of hydrogen-bond acceptors (Lipinski definition) is 6. The molecule has 0 bridgehead atoms. The highest BCUT2D eigenvalue weighted by molar-refractivity contribution is 5.84. The number of carbonyl (C=O) groups is 2. The van der Waals surface area contributed by atoms with Crippen molar-refractivity contribution < 1.29 is 23.9 Å². The smallest absolute Gasteiger partial charge is 0.334 e. The van der Waals surface area contributed by atoms with E-state index in [9.17, 15) is 9.59 Å². The predicted octanol–water partition coefficient (Wildman–Crippen LogP) is 1.02. The van der Waals surface area contributed by atoms with Crippen LogP contribution in [0, 0.1) is 0 Å². The fourth-order valence-corrected chi connectivity index (χ4v) is 0.664. The third-order valence-electron chi connectivity index (χ3n) is 1.37. The van der Waals surface area contributed by atoms with E-state index < -0.39 is 11.9 Å². The van der Waals surface area contributed by atoms with Crippen LogP contribution in [0.2, 0.25) is 0 Å². The van der Waals surface area contributed by atoms with Crippen LogP contribution in [0.3, 0.4) is 0 Å². The van der Waals surface area contributed by atoms with Crippen LogP contribution in [0.5, 0.6) is 0 Å². The quantitative estimate of drug-likeness (QED) is 0.231. The number of esters is 2. The first-order chi connectivity index (χ1) is 7.49. The van der Waals surface area contributed by atoms with Crippen molar-refractivity contribution in [2.45, 2.75) is 20.3 Å². The molecule has 0 aromatic carbocycles. The van der Waals surface area contributed by atoms with Crippen LogP contribution in [0.1, 0.15) is 20.3 Å². The van der Waals surface area contributed by atoms with Gasteiger partial charge in [0.15, 0.2) is 5.76 Å². The Morgan fingerprint density at radius 3 is 2.25 bits per heavy atom. The van der Waals surface area contributed by atoms with Crippen molar-refractivity contribution in [2.24, 2.45) is 5.16 Å². The number of carbonyl (C=O) groups excluding carboxylic acids is 2. The Hall–Kier alpha value is -1.85. The van der Waals surface area contributed by atoms with Crippen LogP contribution in [0.15, 0.2) is 17.0 Å². The highest BCUT2D eigenvalue weighted by Gasteiger charge is 2.10. The molecular formula is C10H15NO5. The van der Waals surface area contributed by atoms with E-state index in [0.29, 0.717) is 5.71 Å². The molecule has 0 atom stereocenters. The molecule has 0 spiro atoms. The Morgan fingerprint density at radius 2 is 1.81 bits per heavy atom. The fourth-order valence-electron chi connectivity index (χ4n) is 0.664. The van der Waals surface area contributed by atoms with Gasteiger partial charge in [-0.05, 0) is 13.8 Å². The molecule has 0 rings (SSSR count). The maximum atomic E-state index is 11.0. The third-order valence-corrected chi connectivity index (χ3v) is 1.37. The van der Waals surface area contributed by atoms with E-state index in [1.54, 1.807) is 13.8 Å². The SMILES string of the molecule is COC(=O)/C=C(\CC(=O)OC)ON=C(C)C. The Bertz CT molecular complexity index is 315. The Kier molecular flexibility index (Phi) is 6.58. The maximum Gasteiger partial charge on any atom is 0.334 e. The normalized spacial score (nSPS) is 10.4. The summed E-state index contributed by atoms with van der Waals surface area (Å²) in [5, 5.41) is 3.63. The van der Waals surface area contributed by atoms with E-state index in [1.165, 1.54) is 14.2 Å². The zero-order chi connectivity index (χ0) is 12.6. The predicted molar refractivity (Wildman–Crippen MR) is 56.6 cm³/mol. The van der Waals surface area contributed by atoms with Crippen molar-refractivity contribution in [2.75, 3.05) is 14.2 Å². The molecule has 0 radical (unpaired) electrons. The lowest BCUT2D eigenvalue weighted by Gasteiger charge is -2.03. The summed E-state index contributed by atoms with van der Waals surface area (Å²) in [5.74, 6) is -1.08. The lowest BCUT2D eigenvalue weighted by Crippen LogP contribution is -2.06. The number of ether oxygens (including phenoxy) is 2. The third kappa shape index (κ3) is 6.58. The van der Waals surface area contributed by atoms with Crippen LogP contribution in [-0.4, -0.2) is 31.9 Å². The molecule has 6 heteroatoms. The summed E-state index contributed by atoms with van der Waals surface area (Å²) in [6.07, 6.45) is 0.867. The number of oxime groups is 1. The summed E-state index contributed by atoms with van der Waals surface area (Å²) in [4.78, 5) is 26.8. The molecule has 90 valence electrons. The summed E-state index contributed by atoms with van der Waals surface area (Å²) in [7, 11) is 2.47. The lowest BCUT2D eigenvalue weighted by molar-refractivity contribution is -0.140. The van der Waals surface area contributed by atoms with Crippen LogP contribution in [-0.2, 0) is 23.9 Å². The molecule has 0 amide bonds. The Morgan fingerprint density at radius 1 is 1.19 bits per heavy atom. The minimum absolute atomic E-state index is 0.0694. The standard InChI is InChI=1S/C10H15NO5/c1-7(2)11-16-8(5-9(12)14-3)6-10(13)15-4/h5H,6H2,1-4H3/b8-5+. The van der Waals surface area contributed by atoms with E-state index in [2.05, 4.69) is 14.6 Å². The number of hydrogen-bond donors (Lipinski definition) is 0. The molecule has 0 aromatic heterocycles. The first-order valence-electron chi connectivity index (χ1n) is 4.53. The zero-order valence-electron chi connectivity index (χ0n) is 9.77. The van der Waals surface area contributed by atoms with Crippen molar-refractivity contribution in [3.8, 4) is 0 Å². The highest BCUT2D eigenvalue weighted by atomic mass is 16.6. The molecule has 6 nitrogen and oxygen atoms in total. The van der Waals surface area contributed by atoms with E-state index in [4.69, 9.17) is 4.84 Å². The number of nitrogens with zero attached hydrogens (tertiary/aromatic N) is 1. The second kappa shape index (κ2) is 7.44. The van der Waals surface area contributed by atoms with Crippen molar-refractivity contribution in [3.63, 3.8) is 0 Å². The number of rotatable bonds is 5. The molecule has 0 aromatic rings. The van der Waals surface area contributed by atoms with Gasteiger partial charge in [-0.1, -0.05) is 5.16 Å². The first-order valence-corrected chi connectivity index (χ1v) is 4.53. The Labute approximate surface area is 93.8 Å². The van der Waals surface area contributed by atoms with Gasteiger partial charge in [0.2, 0.25) is 0 Å². The minimum atomic E-state index is -0.622. The van der Waals surface area contributed by atoms with Crippen LogP contribution >= 0.6 is 0 Å². The van der Waals surface area contributed by atoms with Gasteiger partial charge in [-0.2, -0.15) is 0 Å². The second-order valence-corrected chi connectivity index (χ2v) is 3.02. The molecule has 0 aliphatic rings. The molecule has 0 heterocycles. The summed E-state index contributed by atoms with van der Waals surface area (Å²) in [6, 6.07) is 0. The molecule has 0 N–H and O–H groups in total. The van der Waals surface area contributed by atoms with Crippen molar-refractivity contribution in [1.82, 2.24) is 0 Å². The minimum Gasteiger partial charge on any atom is -0.469 e. The summed E-state index contributed by atoms with van der Waals surface area (Å²) >= 11 is 0. The molecule has 0 aliphatic carbocycles. The molecule has 16 heavy (non-hydrogen) atoms. The second-order valence-electron chi connectivity index (χ2n) is 3.02. The summed E-state index contributed by atoms with van der Waals surface area (Å²) < 4.78 is 8.85. The average Bonchev–Trinajstić information content (AvgIpc) is 2.25. The van der Waals surface area contributed by atoms with E-state index in [-0.39, 0.29) is 12.2 Å². The monoisotopic (exact) mass is 229 g/mol. The fraction of sp³-hybridized carbons (Fsp3) is 0.500. The largest absolute Gasteiger partial charge is 0.469 e. The van der Waals surface area contributed by atoms with Crippen molar-refractivity contribution in [1.29, 1.82) is 0 Å². The average molecular weight is 229 g/mol. The number of methoxy groups -OCH3 is 2. The topological polar surface area (TPSA) is 74.2 Å². The summed E-state index contributed by atoms with van der Waals surface area (Å²) in [6.45, 7) is 3.43. The molecular weight excluding hydrogens is 214 g/mol. The van der Waals surface area contributed by atoms with Gasteiger partial charge in [0.1, 0.15) is 6.42 Å². The van der Waals surface area contributed by atoms with Gasteiger partial charge in [-0.3, -0.25) is 4.79 Å².